The average Bonchev–Trinajstić information content (AvgIpc) is 3.18. The average molecular weight is 529 g/mol. The summed E-state index contributed by atoms with van der Waals surface area (Å²) in [4.78, 5) is 11.8. The number of carbonyl (C=O) groups excluding carboxylic acids is 1. The highest BCUT2D eigenvalue weighted by molar-refractivity contribution is 6.30. The molecule has 6 nitrogen and oxygen atoms in total. The predicted octanol–water partition coefficient (Wildman–Crippen LogP) is 6.16. The van der Waals surface area contributed by atoms with Crippen molar-refractivity contribution in [2.75, 3.05) is 13.7 Å². The Morgan fingerprint density at radius 2 is 1.81 bits per heavy atom. The molecular formula is C28H30Cl2N2O4. The molecule has 8 heteroatoms. The van der Waals surface area contributed by atoms with Crippen molar-refractivity contribution >= 4 is 41.1 Å². The van der Waals surface area contributed by atoms with Gasteiger partial charge in [0.2, 0.25) is 5.88 Å². The van der Waals surface area contributed by atoms with E-state index in [1.807, 2.05) is 59.2 Å². The zero-order valence-corrected chi connectivity index (χ0v) is 21.8. The van der Waals surface area contributed by atoms with Crippen LogP contribution in [0.15, 0.2) is 78.9 Å². The topological polar surface area (TPSA) is 72.7 Å². The third-order valence-corrected chi connectivity index (χ3v) is 6.14. The number of fused-ring (bicyclic) bond motifs is 1. The van der Waals surface area contributed by atoms with Crippen molar-refractivity contribution in [2.24, 2.45) is 0 Å². The molecule has 0 aliphatic carbocycles. The highest BCUT2D eigenvalue weighted by atomic mass is 35.5. The second kappa shape index (κ2) is 12.8. The van der Waals surface area contributed by atoms with Gasteiger partial charge in [0.15, 0.2) is 0 Å². The first-order chi connectivity index (χ1) is 16.9. The number of halogens is 2. The van der Waals surface area contributed by atoms with Crippen LogP contribution >= 0.6 is 24.0 Å². The summed E-state index contributed by atoms with van der Waals surface area (Å²) in [6, 6.07) is 25.5. The number of hydrogen-bond donors (Lipinski definition) is 2. The molecule has 0 saturated heterocycles. The fraction of sp³-hybridized carbons (Fsp3) is 0.250. The monoisotopic (exact) mass is 528 g/mol. The van der Waals surface area contributed by atoms with E-state index in [0.717, 1.165) is 34.0 Å². The van der Waals surface area contributed by atoms with E-state index in [2.05, 4.69) is 24.4 Å². The van der Waals surface area contributed by atoms with Crippen molar-refractivity contribution in [3.05, 3.63) is 101 Å². The predicted molar refractivity (Wildman–Crippen MR) is 145 cm³/mol. The number of benzene rings is 3. The molecule has 0 amide bonds. The Labute approximate surface area is 222 Å². The van der Waals surface area contributed by atoms with Gasteiger partial charge in [0.05, 0.1) is 25.3 Å². The molecule has 0 radical (unpaired) electrons. The lowest BCUT2D eigenvalue weighted by Crippen LogP contribution is -2.32. The first kappa shape index (κ1) is 27.6. The summed E-state index contributed by atoms with van der Waals surface area (Å²) in [7, 11) is 1.29. The number of aliphatic hydroxyl groups is 1. The van der Waals surface area contributed by atoms with Crippen LogP contribution in [0.25, 0.3) is 10.9 Å². The molecule has 2 N–H and O–H groups in total. The zero-order chi connectivity index (χ0) is 24.8. The molecule has 0 spiro atoms. The number of aromatic nitrogens is 1. The van der Waals surface area contributed by atoms with Crippen molar-refractivity contribution in [1.82, 2.24) is 9.88 Å². The summed E-state index contributed by atoms with van der Waals surface area (Å²) >= 11 is 6.03. The molecule has 0 unspecified atom stereocenters. The second-order valence-corrected chi connectivity index (χ2v) is 9.02. The van der Waals surface area contributed by atoms with Gasteiger partial charge in [0, 0.05) is 29.1 Å². The van der Waals surface area contributed by atoms with E-state index in [0.29, 0.717) is 24.0 Å². The van der Waals surface area contributed by atoms with Gasteiger partial charge in [0.1, 0.15) is 0 Å². The van der Waals surface area contributed by atoms with Crippen LogP contribution in [-0.2, 0) is 17.7 Å². The molecule has 0 saturated carbocycles. The number of nitrogens with one attached hydrogen (secondary N) is 1. The fourth-order valence-electron chi connectivity index (χ4n) is 4.13. The number of rotatable bonds is 9. The zero-order valence-electron chi connectivity index (χ0n) is 20.2. The number of methoxy groups -OCH3 is 1. The van der Waals surface area contributed by atoms with Crippen LogP contribution in [0.2, 0.25) is 5.02 Å². The lowest BCUT2D eigenvalue weighted by Gasteiger charge is -2.18. The quantitative estimate of drug-likeness (QED) is 0.254. The lowest BCUT2D eigenvalue weighted by atomic mass is 10.0. The van der Waals surface area contributed by atoms with Crippen molar-refractivity contribution in [1.29, 1.82) is 0 Å². The molecule has 4 rings (SSSR count). The summed E-state index contributed by atoms with van der Waals surface area (Å²) in [6.07, 6.45) is -0.614. The SMILES string of the molecule is COC(=O)Oc1cc2cc(C[C@@H](C)NC[C@H](O)c3cccc(Cl)c3)ccc2n1Cc1ccccc1.Cl. The van der Waals surface area contributed by atoms with Crippen molar-refractivity contribution < 1.29 is 19.4 Å². The van der Waals surface area contributed by atoms with Crippen LogP contribution in [0.5, 0.6) is 5.88 Å². The maximum atomic E-state index is 11.8. The van der Waals surface area contributed by atoms with E-state index in [1.165, 1.54) is 7.11 Å². The molecular weight excluding hydrogens is 499 g/mol. The molecule has 0 bridgehead atoms. The maximum Gasteiger partial charge on any atom is 0.514 e. The Balaban J connectivity index is 0.00000361. The van der Waals surface area contributed by atoms with Gasteiger partial charge in [-0.15, -0.1) is 12.4 Å². The largest absolute Gasteiger partial charge is 0.514 e. The first-order valence-corrected chi connectivity index (χ1v) is 11.9. The third-order valence-electron chi connectivity index (χ3n) is 5.90. The Morgan fingerprint density at radius 1 is 1.03 bits per heavy atom. The minimum Gasteiger partial charge on any atom is -0.437 e. The van der Waals surface area contributed by atoms with Crippen molar-refractivity contribution in [2.45, 2.75) is 32.0 Å². The minimum atomic E-state index is -0.751. The van der Waals surface area contributed by atoms with E-state index in [-0.39, 0.29) is 18.4 Å². The Hall–Kier alpha value is -3.03. The Kier molecular flexibility index (Phi) is 9.79. The molecule has 4 aromatic rings. The van der Waals surface area contributed by atoms with Gasteiger partial charge < -0.3 is 24.5 Å². The molecule has 1 heterocycles. The van der Waals surface area contributed by atoms with Gasteiger partial charge in [-0.05, 0) is 54.3 Å². The molecule has 36 heavy (non-hydrogen) atoms. The smallest absolute Gasteiger partial charge is 0.437 e. The lowest BCUT2D eigenvalue weighted by molar-refractivity contribution is 0.118. The molecule has 1 aromatic heterocycles. The van der Waals surface area contributed by atoms with E-state index >= 15 is 0 Å². The van der Waals surface area contributed by atoms with Gasteiger partial charge >= 0.3 is 6.16 Å². The van der Waals surface area contributed by atoms with Gasteiger partial charge in [-0.3, -0.25) is 0 Å². The van der Waals surface area contributed by atoms with E-state index in [1.54, 1.807) is 12.1 Å². The first-order valence-electron chi connectivity index (χ1n) is 11.5. The summed E-state index contributed by atoms with van der Waals surface area (Å²) in [5, 5.41) is 15.5. The fourth-order valence-corrected chi connectivity index (χ4v) is 4.33. The van der Waals surface area contributed by atoms with Crippen LogP contribution in [0.4, 0.5) is 4.79 Å². The van der Waals surface area contributed by atoms with Crippen LogP contribution < -0.4 is 10.1 Å². The molecule has 190 valence electrons. The van der Waals surface area contributed by atoms with Crippen molar-refractivity contribution in [3.8, 4) is 5.88 Å². The highest BCUT2D eigenvalue weighted by Crippen LogP contribution is 2.28. The van der Waals surface area contributed by atoms with Gasteiger partial charge in [-0.1, -0.05) is 60.1 Å². The minimum absolute atomic E-state index is 0. The number of nitrogens with zero attached hydrogens (tertiary/aromatic N) is 1. The molecule has 0 fully saturated rings. The Morgan fingerprint density at radius 3 is 2.53 bits per heavy atom. The van der Waals surface area contributed by atoms with E-state index in [9.17, 15) is 9.90 Å². The standard InChI is InChI=1S/C28H29ClN2O4.ClH/c1-19(30-17-26(32)22-9-6-10-24(29)15-22)13-21-11-12-25-23(14-21)16-27(35-28(33)34-2)31(25)18-20-7-4-3-5-8-20;/h3-12,14-16,19,26,30,32H,13,17-18H2,1-2H3;1H/t19-,26+;/m1./s1. The summed E-state index contributed by atoms with van der Waals surface area (Å²) < 4.78 is 12.1. The van der Waals surface area contributed by atoms with Crippen LogP contribution in [0, 0.1) is 0 Å². The third kappa shape index (κ3) is 7.02. The van der Waals surface area contributed by atoms with E-state index < -0.39 is 12.3 Å². The second-order valence-electron chi connectivity index (χ2n) is 8.59. The van der Waals surface area contributed by atoms with Gasteiger partial charge in [-0.2, -0.15) is 0 Å². The number of hydrogen-bond acceptors (Lipinski definition) is 5. The van der Waals surface area contributed by atoms with Crippen LogP contribution in [0.1, 0.15) is 29.7 Å². The number of ether oxygens (including phenoxy) is 2. The molecule has 2 atom stereocenters. The van der Waals surface area contributed by atoms with Gasteiger partial charge in [-0.25, -0.2) is 4.79 Å². The molecule has 0 aliphatic rings. The van der Waals surface area contributed by atoms with Gasteiger partial charge in [0.25, 0.3) is 0 Å². The summed E-state index contributed by atoms with van der Waals surface area (Å²) in [6.45, 7) is 3.07. The number of aliphatic hydroxyl groups excluding tert-OH is 1. The number of carbonyl (C=O) groups is 1. The normalized spacial score (nSPS) is 12.6. The molecule has 3 aromatic carbocycles. The Bertz CT molecular complexity index is 1290. The van der Waals surface area contributed by atoms with Crippen LogP contribution in [-0.4, -0.2) is 35.5 Å². The van der Waals surface area contributed by atoms with E-state index in [4.69, 9.17) is 21.1 Å². The maximum absolute atomic E-state index is 11.8. The summed E-state index contributed by atoms with van der Waals surface area (Å²) in [5.74, 6) is 0.434. The van der Waals surface area contributed by atoms with Crippen molar-refractivity contribution in [3.63, 3.8) is 0 Å². The highest BCUT2D eigenvalue weighted by Gasteiger charge is 2.16. The molecule has 0 aliphatic heterocycles. The van der Waals surface area contributed by atoms with Crippen LogP contribution in [0.3, 0.4) is 0 Å². The summed E-state index contributed by atoms with van der Waals surface area (Å²) in [5.41, 5.74) is 3.99.